The molecule has 3 heteroatoms. The van der Waals surface area contributed by atoms with Crippen molar-refractivity contribution in [3.05, 3.63) is 28.2 Å². The van der Waals surface area contributed by atoms with Crippen LogP contribution in [0.15, 0.2) is 22.7 Å². The van der Waals surface area contributed by atoms with Crippen LogP contribution >= 0.6 is 15.9 Å². The molecule has 1 aliphatic rings. The van der Waals surface area contributed by atoms with Gasteiger partial charge in [0.1, 0.15) is 0 Å². The molecule has 0 radical (unpaired) electrons. The number of hydrogen-bond donors (Lipinski definition) is 1. The molecule has 0 bridgehead atoms. The minimum Gasteiger partial charge on any atom is -0.389 e. The van der Waals surface area contributed by atoms with Gasteiger partial charge in [-0.3, -0.25) is 0 Å². The highest BCUT2D eigenvalue weighted by atomic mass is 79.9. The Morgan fingerprint density at radius 1 is 1.41 bits per heavy atom. The molecule has 1 saturated heterocycles. The topological polar surface area (TPSA) is 23.5 Å². The van der Waals surface area contributed by atoms with E-state index in [1.165, 1.54) is 18.5 Å². The van der Waals surface area contributed by atoms with Crippen LogP contribution in [0.5, 0.6) is 0 Å². The van der Waals surface area contributed by atoms with Crippen LogP contribution in [0.1, 0.15) is 45.3 Å². The molecule has 17 heavy (non-hydrogen) atoms. The largest absolute Gasteiger partial charge is 0.389 e. The quantitative estimate of drug-likeness (QED) is 0.895. The van der Waals surface area contributed by atoms with Crippen LogP contribution in [0, 0.1) is 0 Å². The third-order valence-corrected chi connectivity index (χ3v) is 4.28. The first-order valence-electron chi connectivity index (χ1n) is 6.17. The summed E-state index contributed by atoms with van der Waals surface area (Å²) in [5.41, 5.74) is 2.42. The van der Waals surface area contributed by atoms with Gasteiger partial charge in [-0.25, -0.2) is 0 Å². The minimum absolute atomic E-state index is 0.231. The molecule has 0 aliphatic carbocycles. The molecular weight excluding hydrogens is 278 g/mol. The number of benzene rings is 1. The van der Waals surface area contributed by atoms with Crippen molar-refractivity contribution in [2.75, 3.05) is 11.4 Å². The average molecular weight is 298 g/mol. The summed E-state index contributed by atoms with van der Waals surface area (Å²) in [5, 5.41) is 9.57. The van der Waals surface area contributed by atoms with E-state index in [9.17, 15) is 5.11 Å². The molecule has 0 saturated carbocycles. The molecule has 1 atom stereocenters. The zero-order valence-corrected chi connectivity index (χ0v) is 12.3. The van der Waals surface area contributed by atoms with Gasteiger partial charge >= 0.3 is 0 Å². The fraction of sp³-hybridized carbons (Fsp3) is 0.571. The number of anilines is 1. The normalized spacial score (nSPS) is 20.6. The molecule has 2 rings (SSSR count). The highest BCUT2D eigenvalue weighted by molar-refractivity contribution is 9.10. The molecule has 1 fully saturated rings. The second-order valence-electron chi connectivity index (χ2n) is 5.45. The standard InChI is InChI=1S/C14H20BrNO/c1-10(17)11-5-6-13(12(15)9-11)16-8-4-7-14(16,2)3/h5-6,9-10,17H,4,7-8H2,1-3H3/t10-/m1/s1. The van der Waals surface area contributed by atoms with Gasteiger partial charge in [0.05, 0.1) is 11.8 Å². The number of halogens is 1. The van der Waals surface area contributed by atoms with E-state index in [0.717, 1.165) is 16.6 Å². The first kappa shape index (κ1) is 12.9. The lowest BCUT2D eigenvalue weighted by Gasteiger charge is -2.34. The Morgan fingerprint density at radius 2 is 2.12 bits per heavy atom. The van der Waals surface area contributed by atoms with E-state index in [-0.39, 0.29) is 5.54 Å². The van der Waals surface area contributed by atoms with E-state index >= 15 is 0 Å². The molecule has 1 N–H and O–H groups in total. The molecule has 1 heterocycles. The van der Waals surface area contributed by atoms with Crippen LogP contribution in [0.4, 0.5) is 5.69 Å². The van der Waals surface area contributed by atoms with Crippen molar-refractivity contribution in [3.63, 3.8) is 0 Å². The van der Waals surface area contributed by atoms with Crippen molar-refractivity contribution in [2.45, 2.75) is 45.3 Å². The van der Waals surface area contributed by atoms with Crippen LogP contribution in [-0.4, -0.2) is 17.2 Å². The molecule has 0 spiro atoms. The average Bonchev–Trinajstić information content (AvgIpc) is 2.58. The Hall–Kier alpha value is -0.540. The molecule has 1 aliphatic heterocycles. The highest BCUT2D eigenvalue weighted by Gasteiger charge is 2.32. The third kappa shape index (κ3) is 2.50. The van der Waals surface area contributed by atoms with Gasteiger partial charge in [-0.1, -0.05) is 6.07 Å². The maximum Gasteiger partial charge on any atom is 0.0762 e. The van der Waals surface area contributed by atoms with E-state index in [1.807, 2.05) is 12.1 Å². The smallest absolute Gasteiger partial charge is 0.0762 e. The van der Waals surface area contributed by atoms with E-state index in [1.54, 1.807) is 6.92 Å². The van der Waals surface area contributed by atoms with E-state index in [0.29, 0.717) is 0 Å². The minimum atomic E-state index is -0.410. The van der Waals surface area contributed by atoms with Crippen LogP contribution in [0.25, 0.3) is 0 Å². The number of aliphatic hydroxyl groups is 1. The van der Waals surface area contributed by atoms with Gasteiger partial charge in [0.15, 0.2) is 0 Å². The van der Waals surface area contributed by atoms with Gasteiger partial charge in [0, 0.05) is 16.6 Å². The summed E-state index contributed by atoms with van der Waals surface area (Å²) in [5.74, 6) is 0. The van der Waals surface area contributed by atoms with Crippen LogP contribution in [0.3, 0.4) is 0 Å². The van der Waals surface area contributed by atoms with Gasteiger partial charge in [0.25, 0.3) is 0 Å². The van der Waals surface area contributed by atoms with Gasteiger partial charge < -0.3 is 10.0 Å². The highest BCUT2D eigenvalue weighted by Crippen LogP contribution is 2.38. The number of nitrogens with zero attached hydrogens (tertiary/aromatic N) is 1. The molecular formula is C14H20BrNO. The summed E-state index contributed by atoms with van der Waals surface area (Å²) in [6.45, 7) is 7.48. The Kier molecular flexibility index (Phi) is 3.50. The zero-order valence-electron chi connectivity index (χ0n) is 10.7. The SMILES string of the molecule is C[C@@H](O)c1ccc(N2CCCC2(C)C)c(Br)c1. The van der Waals surface area contributed by atoms with Crippen molar-refractivity contribution in [2.24, 2.45) is 0 Å². The second-order valence-corrected chi connectivity index (χ2v) is 6.31. The summed E-state index contributed by atoms with van der Waals surface area (Å²) in [7, 11) is 0. The molecule has 94 valence electrons. The van der Waals surface area contributed by atoms with Gasteiger partial charge in [-0.15, -0.1) is 0 Å². The van der Waals surface area contributed by atoms with Crippen molar-refractivity contribution in [1.29, 1.82) is 0 Å². The molecule has 1 aromatic carbocycles. The van der Waals surface area contributed by atoms with Crippen molar-refractivity contribution >= 4 is 21.6 Å². The Balaban J connectivity index is 2.34. The predicted molar refractivity (Wildman–Crippen MR) is 75.4 cm³/mol. The number of rotatable bonds is 2. The molecule has 1 aromatic rings. The maximum atomic E-state index is 9.57. The lowest BCUT2D eigenvalue weighted by atomic mass is 10.0. The first-order valence-corrected chi connectivity index (χ1v) is 6.96. The summed E-state index contributed by atoms with van der Waals surface area (Å²) < 4.78 is 1.07. The van der Waals surface area contributed by atoms with Gasteiger partial charge in [0.2, 0.25) is 0 Å². The third-order valence-electron chi connectivity index (χ3n) is 3.65. The predicted octanol–water partition coefficient (Wildman–Crippen LogP) is 3.88. The lowest BCUT2D eigenvalue weighted by molar-refractivity contribution is 0.199. The second kappa shape index (κ2) is 4.62. The van der Waals surface area contributed by atoms with Crippen molar-refractivity contribution < 1.29 is 5.11 Å². The lowest BCUT2D eigenvalue weighted by Crippen LogP contribution is -2.38. The van der Waals surface area contributed by atoms with E-state index in [4.69, 9.17) is 0 Å². The summed E-state index contributed by atoms with van der Waals surface area (Å²) in [6, 6.07) is 6.15. The molecule has 0 aromatic heterocycles. The van der Waals surface area contributed by atoms with Crippen LogP contribution in [0.2, 0.25) is 0 Å². The number of hydrogen-bond acceptors (Lipinski definition) is 2. The Labute approximate surface area is 112 Å². The monoisotopic (exact) mass is 297 g/mol. The van der Waals surface area contributed by atoms with Crippen LogP contribution in [-0.2, 0) is 0 Å². The fourth-order valence-electron chi connectivity index (χ4n) is 2.56. The first-order chi connectivity index (χ1) is 7.92. The van der Waals surface area contributed by atoms with Crippen LogP contribution < -0.4 is 4.90 Å². The molecule has 0 unspecified atom stereocenters. The Bertz CT molecular complexity index is 415. The van der Waals surface area contributed by atoms with E-state index in [2.05, 4.69) is 40.7 Å². The summed E-state index contributed by atoms with van der Waals surface area (Å²) >= 11 is 3.62. The van der Waals surface area contributed by atoms with Gasteiger partial charge in [-0.05, 0) is 67.2 Å². The van der Waals surface area contributed by atoms with E-state index < -0.39 is 6.10 Å². The fourth-order valence-corrected chi connectivity index (χ4v) is 3.17. The summed E-state index contributed by atoms with van der Waals surface area (Å²) in [4.78, 5) is 2.45. The van der Waals surface area contributed by atoms with Crippen molar-refractivity contribution in [1.82, 2.24) is 0 Å². The summed E-state index contributed by atoms with van der Waals surface area (Å²) in [6.07, 6.45) is 2.07. The van der Waals surface area contributed by atoms with Gasteiger partial charge in [-0.2, -0.15) is 0 Å². The number of aliphatic hydroxyl groups excluding tert-OH is 1. The Morgan fingerprint density at radius 3 is 2.59 bits per heavy atom. The molecule has 0 amide bonds. The van der Waals surface area contributed by atoms with Crippen molar-refractivity contribution in [3.8, 4) is 0 Å². The zero-order chi connectivity index (χ0) is 12.6. The maximum absolute atomic E-state index is 9.57. The molecule has 2 nitrogen and oxygen atoms in total.